The van der Waals surface area contributed by atoms with Crippen LogP contribution in [0.4, 0.5) is 5.82 Å². The fourth-order valence-electron chi connectivity index (χ4n) is 3.41. The van der Waals surface area contributed by atoms with Crippen LogP contribution < -0.4 is 5.73 Å². The second-order valence-electron chi connectivity index (χ2n) is 6.80. The van der Waals surface area contributed by atoms with Gasteiger partial charge in [-0.05, 0) is 61.4 Å². The van der Waals surface area contributed by atoms with Crippen LogP contribution >= 0.6 is 0 Å². The number of aromatic nitrogens is 4. The van der Waals surface area contributed by atoms with Crippen molar-refractivity contribution in [2.45, 2.75) is 6.92 Å². The van der Waals surface area contributed by atoms with Crippen molar-refractivity contribution in [3.63, 3.8) is 0 Å². The van der Waals surface area contributed by atoms with Crippen molar-refractivity contribution < 1.29 is 4.42 Å². The van der Waals surface area contributed by atoms with Gasteiger partial charge in [0.2, 0.25) is 0 Å². The molecule has 5 aromatic rings. The average molecular weight is 391 g/mol. The quantitative estimate of drug-likeness (QED) is 0.453. The number of nitrogens with zero attached hydrogens (tertiary/aromatic N) is 4. The minimum Gasteiger partial charge on any atom is -0.444 e. The molecule has 5 rings (SSSR count). The van der Waals surface area contributed by atoms with E-state index in [1.54, 1.807) is 12.3 Å². The Bertz CT molecular complexity index is 1400. The highest BCUT2D eigenvalue weighted by Gasteiger charge is 2.14. The monoisotopic (exact) mass is 391 g/mol. The first-order chi connectivity index (χ1) is 14.7. The van der Waals surface area contributed by atoms with Gasteiger partial charge in [-0.2, -0.15) is 0 Å². The van der Waals surface area contributed by atoms with E-state index in [-0.39, 0.29) is 0 Å². The Balaban J connectivity index is 1.57. The maximum absolute atomic E-state index is 5.96. The van der Waals surface area contributed by atoms with E-state index in [9.17, 15) is 0 Å². The molecule has 0 aliphatic heterocycles. The van der Waals surface area contributed by atoms with Crippen molar-refractivity contribution in [3.05, 3.63) is 90.3 Å². The fourth-order valence-corrected chi connectivity index (χ4v) is 3.41. The molecule has 0 fully saturated rings. The molecule has 0 unspecified atom stereocenters. The van der Waals surface area contributed by atoms with Gasteiger partial charge in [0.15, 0.2) is 12.2 Å². The Morgan fingerprint density at radius 2 is 1.83 bits per heavy atom. The number of fused-ring (bicyclic) bond motifs is 1. The summed E-state index contributed by atoms with van der Waals surface area (Å²) in [5, 5.41) is 0. The first-order valence-electron chi connectivity index (χ1n) is 9.40. The molecule has 30 heavy (non-hydrogen) atoms. The van der Waals surface area contributed by atoms with E-state index in [1.807, 2.05) is 66.1 Å². The Kier molecular flexibility index (Phi) is 4.26. The largest absolute Gasteiger partial charge is 0.444 e. The summed E-state index contributed by atoms with van der Waals surface area (Å²) in [5.41, 5.74) is 12.0. The lowest BCUT2D eigenvalue weighted by atomic mass is 10.1. The number of rotatable bonds is 2. The summed E-state index contributed by atoms with van der Waals surface area (Å²) in [6.45, 7) is 1.98. The molecular formula is C24H17N5O. The molecule has 4 aromatic heterocycles. The minimum absolute atomic E-state index is 0.426. The van der Waals surface area contributed by atoms with Crippen LogP contribution in [0, 0.1) is 18.8 Å². The SMILES string of the molecule is Cc1nc2ccccn2c1-c1ccc(N)nc1C#Cc1ccc(-c2cnco2)cc1. The third kappa shape index (κ3) is 3.19. The standard InChI is InChI=1S/C24H17N5O/c1-16-24(29-13-3-2-4-23(29)27-16)19-10-12-22(25)28-20(19)11-7-17-5-8-18(9-6-17)21-14-26-15-30-21/h2-6,8-10,12-15H,1H3,(H2,25,28). The van der Waals surface area contributed by atoms with Gasteiger partial charge in [-0.1, -0.05) is 12.0 Å². The number of pyridine rings is 2. The molecule has 6 heteroatoms. The lowest BCUT2D eigenvalue weighted by molar-refractivity contribution is 0.572. The van der Waals surface area contributed by atoms with Crippen LogP contribution in [0.25, 0.3) is 28.2 Å². The highest BCUT2D eigenvalue weighted by molar-refractivity contribution is 5.73. The molecule has 1 aromatic carbocycles. The van der Waals surface area contributed by atoms with E-state index in [0.717, 1.165) is 39.5 Å². The summed E-state index contributed by atoms with van der Waals surface area (Å²) in [4.78, 5) is 13.1. The van der Waals surface area contributed by atoms with Crippen molar-refractivity contribution in [2.24, 2.45) is 0 Å². The zero-order valence-electron chi connectivity index (χ0n) is 16.2. The second-order valence-corrected chi connectivity index (χ2v) is 6.80. The van der Waals surface area contributed by atoms with Crippen LogP contribution in [0.15, 0.2) is 77.8 Å². The first-order valence-corrected chi connectivity index (χ1v) is 9.40. The predicted molar refractivity (Wildman–Crippen MR) is 115 cm³/mol. The predicted octanol–water partition coefficient (Wildman–Crippen LogP) is 4.34. The number of benzene rings is 1. The molecule has 6 nitrogen and oxygen atoms in total. The van der Waals surface area contributed by atoms with Crippen molar-refractivity contribution in [1.29, 1.82) is 0 Å². The normalized spacial score (nSPS) is 10.7. The number of nitrogens with two attached hydrogens (primary N) is 1. The molecule has 4 heterocycles. The zero-order valence-corrected chi connectivity index (χ0v) is 16.2. The number of aryl methyl sites for hydroxylation is 1. The number of imidazole rings is 1. The van der Waals surface area contributed by atoms with Crippen LogP contribution in [0.2, 0.25) is 0 Å². The van der Waals surface area contributed by atoms with Crippen molar-refractivity contribution in [1.82, 2.24) is 19.4 Å². The van der Waals surface area contributed by atoms with Crippen molar-refractivity contribution in [3.8, 4) is 34.4 Å². The number of oxazole rings is 1. The molecule has 0 aliphatic rings. The average Bonchev–Trinajstić information content (AvgIpc) is 3.40. The van der Waals surface area contributed by atoms with Crippen LogP contribution in [0.1, 0.15) is 17.0 Å². The molecule has 0 atom stereocenters. The van der Waals surface area contributed by atoms with Gasteiger partial charge in [0.1, 0.15) is 17.2 Å². The third-order valence-corrected chi connectivity index (χ3v) is 4.80. The summed E-state index contributed by atoms with van der Waals surface area (Å²) in [7, 11) is 0. The topological polar surface area (TPSA) is 82.2 Å². The van der Waals surface area contributed by atoms with Gasteiger partial charge < -0.3 is 10.2 Å². The van der Waals surface area contributed by atoms with Crippen molar-refractivity contribution >= 4 is 11.5 Å². The van der Waals surface area contributed by atoms with Gasteiger partial charge >= 0.3 is 0 Å². The molecule has 0 saturated heterocycles. The summed E-state index contributed by atoms with van der Waals surface area (Å²) in [5.74, 6) is 7.52. The lowest BCUT2D eigenvalue weighted by Gasteiger charge is -2.06. The Morgan fingerprint density at radius 3 is 2.63 bits per heavy atom. The van der Waals surface area contributed by atoms with Crippen LogP contribution in [0.3, 0.4) is 0 Å². The summed E-state index contributed by atoms with van der Waals surface area (Å²) >= 11 is 0. The minimum atomic E-state index is 0.426. The number of nitrogen functional groups attached to an aromatic ring is 1. The summed E-state index contributed by atoms with van der Waals surface area (Å²) < 4.78 is 7.37. The Labute approximate surface area is 173 Å². The molecule has 144 valence electrons. The van der Waals surface area contributed by atoms with Gasteiger partial charge in [0, 0.05) is 22.9 Å². The van der Waals surface area contributed by atoms with E-state index in [0.29, 0.717) is 11.5 Å². The van der Waals surface area contributed by atoms with Gasteiger partial charge in [-0.15, -0.1) is 0 Å². The van der Waals surface area contributed by atoms with Gasteiger partial charge in [0.25, 0.3) is 0 Å². The smallest absolute Gasteiger partial charge is 0.181 e. The van der Waals surface area contributed by atoms with Gasteiger partial charge in [-0.25, -0.2) is 15.0 Å². The zero-order chi connectivity index (χ0) is 20.5. The number of hydrogen-bond donors (Lipinski definition) is 1. The molecular weight excluding hydrogens is 374 g/mol. The number of hydrogen-bond acceptors (Lipinski definition) is 5. The van der Waals surface area contributed by atoms with E-state index in [4.69, 9.17) is 10.2 Å². The molecule has 0 saturated carbocycles. The highest BCUT2D eigenvalue weighted by Crippen LogP contribution is 2.27. The molecule has 0 spiro atoms. The van der Waals surface area contributed by atoms with Crippen molar-refractivity contribution in [2.75, 3.05) is 5.73 Å². The fraction of sp³-hybridized carbons (Fsp3) is 0.0417. The van der Waals surface area contributed by atoms with E-state index < -0.39 is 0 Å². The highest BCUT2D eigenvalue weighted by atomic mass is 16.3. The van der Waals surface area contributed by atoms with Gasteiger partial charge in [0.05, 0.1) is 17.6 Å². The Morgan fingerprint density at radius 1 is 0.967 bits per heavy atom. The lowest BCUT2D eigenvalue weighted by Crippen LogP contribution is -1.98. The van der Waals surface area contributed by atoms with E-state index in [2.05, 4.69) is 26.8 Å². The Hall–Kier alpha value is -4.37. The number of anilines is 1. The molecule has 0 amide bonds. The van der Waals surface area contributed by atoms with E-state index >= 15 is 0 Å². The molecule has 2 N–H and O–H groups in total. The van der Waals surface area contributed by atoms with Crippen LogP contribution in [-0.2, 0) is 0 Å². The second kappa shape index (κ2) is 7.22. The maximum Gasteiger partial charge on any atom is 0.181 e. The van der Waals surface area contributed by atoms with Gasteiger partial charge in [-0.3, -0.25) is 4.40 Å². The summed E-state index contributed by atoms with van der Waals surface area (Å²) in [6.07, 6.45) is 5.08. The summed E-state index contributed by atoms with van der Waals surface area (Å²) in [6, 6.07) is 17.4. The molecule has 0 bridgehead atoms. The van der Waals surface area contributed by atoms with Crippen LogP contribution in [0.5, 0.6) is 0 Å². The first kappa shape index (κ1) is 17.7. The van der Waals surface area contributed by atoms with Crippen LogP contribution in [-0.4, -0.2) is 19.4 Å². The third-order valence-electron chi connectivity index (χ3n) is 4.80. The molecule has 0 radical (unpaired) electrons. The van der Waals surface area contributed by atoms with E-state index in [1.165, 1.54) is 6.39 Å². The maximum atomic E-state index is 5.96. The molecule has 0 aliphatic carbocycles.